The molecule has 2 rings (SSSR count). The lowest BCUT2D eigenvalue weighted by molar-refractivity contribution is 0.0695. The summed E-state index contributed by atoms with van der Waals surface area (Å²) in [6, 6.07) is 2.65. The number of carboxylic acid groups (broad SMARTS) is 1. The molecule has 1 aromatic carbocycles. The molecule has 1 unspecified atom stereocenters. The molecule has 0 saturated carbocycles. The molecule has 21 heavy (non-hydrogen) atoms. The van der Waals surface area contributed by atoms with Crippen LogP contribution < -0.4 is 0 Å². The molecule has 8 heteroatoms. The molecule has 1 aromatic rings. The van der Waals surface area contributed by atoms with E-state index in [0.717, 1.165) is 0 Å². The highest BCUT2D eigenvalue weighted by molar-refractivity contribution is 9.10. The third-order valence-corrected chi connectivity index (χ3v) is 6.29. The molecule has 116 valence electrons. The normalized spacial score (nSPS) is 19.9. The fraction of sp³-hybridized carbons (Fsp3) is 0.462. The van der Waals surface area contributed by atoms with Crippen LogP contribution in [0.4, 0.5) is 0 Å². The molecule has 6 nitrogen and oxygen atoms in total. The zero-order chi connectivity index (χ0) is 15.8. The minimum Gasteiger partial charge on any atom is -0.478 e. The van der Waals surface area contributed by atoms with Crippen molar-refractivity contribution in [1.82, 2.24) is 4.31 Å². The highest BCUT2D eigenvalue weighted by atomic mass is 79.9. The van der Waals surface area contributed by atoms with Crippen molar-refractivity contribution in [2.24, 2.45) is 0 Å². The second-order valence-electron chi connectivity index (χ2n) is 4.89. The van der Waals surface area contributed by atoms with E-state index >= 15 is 0 Å². The van der Waals surface area contributed by atoms with Crippen molar-refractivity contribution in [3.63, 3.8) is 0 Å². The molecular weight excluding hydrogens is 362 g/mol. The molecule has 1 N–H and O–H groups in total. The summed E-state index contributed by atoms with van der Waals surface area (Å²) >= 11 is 3.22. The average molecular weight is 378 g/mol. The number of hydrogen-bond donors (Lipinski definition) is 1. The Hall–Kier alpha value is -0.960. The molecule has 1 heterocycles. The maximum absolute atomic E-state index is 12.6. The van der Waals surface area contributed by atoms with Gasteiger partial charge in [0.05, 0.1) is 16.6 Å². The number of halogens is 1. The molecule has 0 bridgehead atoms. The Morgan fingerprint density at radius 1 is 1.48 bits per heavy atom. The first kappa shape index (κ1) is 16.4. The summed E-state index contributed by atoms with van der Waals surface area (Å²) in [5.74, 6) is -1.15. The van der Waals surface area contributed by atoms with Crippen LogP contribution in [0.5, 0.6) is 0 Å². The smallest absolute Gasteiger partial charge is 0.336 e. The largest absolute Gasteiger partial charge is 0.478 e. The fourth-order valence-electron chi connectivity index (χ4n) is 2.28. The number of benzene rings is 1. The standard InChI is InChI=1S/C13H16BrNO5S/c1-8-11(13(16)17)5-10(6-12(8)14)21(18,19)15-4-3-9(7-15)20-2/h5-6,9H,3-4,7H2,1-2H3,(H,16,17). The van der Waals surface area contributed by atoms with E-state index in [-0.39, 0.29) is 23.1 Å². The quantitative estimate of drug-likeness (QED) is 0.865. The minimum absolute atomic E-state index is 0.0193. The summed E-state index contributed by atoms with van der Waals surface area (Å²) in [4.78, 5) is 11.2. The lowest BCUT2D eigenvalue weighted by Gasteiger charge is -2.17. The second-order valence-corrected chi connectivity index (χ2v) is 7.68. The van der Waals surface area contributed by atoms with Crippen LogP contribution in [0.2, 0.25) is 0 Å². The lowest BCUT2D eigenvalue weighted by Crippen LogP contribution is -2.30. The summed E-state index contributed by atoms with van der Waals surface area (Å²) in [5.41, 5.74) is 0.475. The van der Waals surface area contributed by atoms with Crippen molar-refractivity contribution in [2.75, 3.05) is 20.2 Å². The van der Waals surface area contributed by atoms with Crippen LogP contribution in [0.3, 0.4) is 0 Å². The van der Waals surface area contributed by atoms with Gasteiger partial charge < -0.3 is 9.84 Å². The molecule has 1 aliphatic rings. The molecule has 1 saturated heterocycles. The van der Waals surface area contributed by atoms with E-state index < -0.39 is 16.0 Å². The molecule has 1 fully saturated rings. The molecular formula is C13H16BrNO5S. The van der Waals surface area contributed by atoms with Crippen molar-refractivity contribution in [3.05, 3.63) is 27.7 Å². The van der Waals surface area contributed by atoms with E-state index in [0.29, 0.717) is 23.0 Å². The Labute approximate surface area is 131 Å². The first-order chi connectivity index (χ1) is 9.77. The van der Waals surface area contributed by atoms with Crippen LogP contribution in [0.1, 0.15) is 22.3 Å². The zero-order valence-electron chi connectivity index (χ0n) is 11.7. The number of hydrogen-bond acceptors (Lipinski definition) is 4. The number of sulfonamides is 1. The summed E-state index contributed by atoms with van der Waals surface area (Å²) in [7, 11) is -2.17. The van der Waals surface area contributed by atoms with Crippen molar-refractivity contribution in [2.45, 2.75) is 24.3 Å². The molecule has 1 aliphatic heterocycles. The maximum Gasteiger partial charge on any atom is 0.336 e. The third kappa shape index (κ3) is 3.13. The molecule has 0 aromatic heterocycles. The van der Waals surface area contributed by atoms with E-state index in [1.54, 1.807) is 14.0 Å². The van der Waals surface area contributed by atoms with Crippen LogP contribution in [0.15, 0.2) is 21.5 Å². The van der Waals surface area contributed by atoms with Gasteiger partial charge >= 0.3 is 5.97 Å². The second kappa shape index (κ2) is 6.04. The van der Waals surface area contributed by atoms with E-state index in [2.05, 4.69) is 15.9 Å². The molecule has 0 amide bonds. The van der Waals surface area contributed by atoms with Gasteiger partial charge in [0.2, 0.25) is 10.0 Å². The summed E-state index contributed by atoms with van der Waals surface area (Å²) < 4.78 is 32.1. The number of ether oxygens (including phenoxy) is 1. The van der Waals surface area contributed by atoms with Crippen LogP contribution in [-0.2, 0) is 14.8 Å². The van der Waals surface area contributed by atoms with E-state index in [1.807, 2.05) is 0 Å². The van der Waals surface area contributed by atoms with Crippen LogP contribution in [0.25, 0.3) is 0 Å². The number of nitrogens with zero attached hydrogens (tertiary/aromatic N) is 1. The van der Waals surface area contributed by atoms with Gasteiger partial charge in [-0.1, -0.05) is 15.9 Å². The van der Waals surface area contributed by atoms with Crippen molar-refractivity contribution in [1.29, 1.82) is 0 Å². The van der Waals surface area contributed by atoms with Crippen molar-refractivity contribution in [3.8, 4) is 0 Å². The Bertz CT molecular complexity index is 673. The Balaban J connectivity index is 2.44. The number of carbonyl (C=O) groups is 1. The molecule has 1 atom stereocenters. The van der Waals surface area contributed by atoms with Gasteiger partial charge in [-0.3, -0.25) is 0 Å². The number of methoxy groups -OCH3 is 1. The SMILES string of the molecule is COC1CCN(S(=O)(=O)c2cc(Br)c(C)c(C(=O)O)c2)C1. The van der Waals surface area contributed by atoms with Gasteiger partial charge in [-0.25, -0.2) is 13.2 Å². The Morgan fingerprint density at radius 3 is 2.67 bits per heavy atom. The van der Waals surface area contributed by atoms with Gasteiger partial charge in [0.1, 0.15) is 0 Å². The predicted octanol–water partition coefficient (Wildman–Crippen LogP) is 1.87. The monoisotopic (exact) mass is 377 g/mol. The highest BCUT2D eigenvalue weighted by Gasteiger charge is 2.33. The topological polar surface area (TPSA) is 83.9 Å². The average Bonchev–Trinajstić information content (AvgIpc) is 2.90. The number of aromatic carboxylic acids is 1. The van der Waals surface area contributed by atoms with Crippen LogP contribution >= 0.6 is 15.9 Å². The number of carboxylic acids is 1. The lowest BCUT2D eigenvalue weighted by atomic mass is 10.1. The van der Waals surface area contributed by atoms with E-state index in [9.17, 15) is 18.3 Å². The third-order valence-electron chi connectivity index (χ3n) is 3.63. The first-order valence-corrected chi connectivity index (χ1v) is 8.57. The zero-order valence-corrected chi connectivity index (χ0v) is 14.1. The van der Waals surface area contributed by atoms with Crippen LogP contribution in [-0.4, -0.2) is 50.1 Å². The molecule has 0 spiro atoms. The maximum atomic E-state index is 12.6. The molecule has 0 aliphatic carbocycles. The Morgan fingerprint density at radius 2 is 2.14 bits per heavy atom. The van der Waals surface area contributed by atoms with Gasteiger partial charge in [-0.15, -0.1) is 0 Å². The minimum atomic E-state index is -3.72. The van der Waals surface area contributed by atoms with Gasteiger partial charge in [-0.2, -0.15) is 4.31 Å². The van der Waals surface area contributed by atoms with Crippen LogP contribution in [0, 0.1) is 6.92 Å². The van der Waals surface area contributed by atoms with Gasteiger partial charge in [-0.05, 0) is 31.0 Å². The number of rotatable bonds is 4. The van der Waals surface area contributed by atoms with Gasteiger partial charge in [0.25, 0.3) is 0 Å². The summed E-state index contributed by atoms with van der Waals surface area (Å²) in [6.45, 7) is 2.28. The van der Waals surface area contributed by atoms with Gasteiger partial charge in [0.15, 0.2) is 0 Å². The van der Waals surface area contributed by atoms with Gasteiger partial charge in [0, 0.05) is 24.7 Å². The summed E-state index contributed by atoms with van der Waals surface area (Å²) in [6.07, 6.45) is 0.516. The Kier molecular flexibility index (Phi) is 4.72. The van der Waals surface area contributed by atoms with E-state index in [1.165, 1.54) is 16.4 Å². The highest BCUT2D eigenvalue weighted by Crippen LogP contribution is 2.28. The molecule has 0 radical (unpaired) electrons. The van der Waals surface area contributed by atoms with Crippen molar-refractivity contribution >= 4 is 31.9 Å². The van der Waals surface area contributed by atoms with E-state index in [4.69, 9.17) is 4.74 Å². The fourth-order valence-corrected chi connectivity index (χ4v) is 4.43. The first-order valence-electron chi connectivity index (χ1n) is 6.33. The summed E-state index contributed by atoms with van der Waals surface area (Å²) in [5, 5.41) is 9.18. The van der Waals surface area contributed by atoms with Crippen molar-refractivity contribution < 1.29 is 23.1 Å². The predicted molar refractivity (Wildman–Crippen MR) is 80.0 cm³/mol.